The molecule has 0 saturated carbocycles. The van der Waals surface area contributed by atoms with Gasteiger partial charge in [-0.15, -0.1) is 0 Å². The van der Waals surface area contributed by atoms with Crippen molar-refractivity contribution < 1.29 is 4.39 Å². The van der Waals surface area contributed by atoms with Crippen LogP contribution < -0.4 is 5.73 Å². The minimum Gasteiger partial charge on any atom is -0.383 e. The van der Waals surface area contributed by atoms with Gasteiger partial charge in [0.15, 0.2) is 5.82 Å². The molecule has 1 aromatic heterocycles. The minimum atomic E-state index is -0.295. The second-order valence-corrected chi connectivity index (χ2v) is 4.32. The van der Waals surface area contributed by atoms with E-state index < -0.39 is 0 Å². The van der Waals surface area contributed by atoms with Gasteiger partial charge in [0.05, 0.1) is 0 Å². The third-order valence-corrected chi connectivity index (χ3v) is 3.06. The van der Waals surface area contributed by atoms with Crippen LogP contribution in [0, 0.1) is 19.7 Å². The largest absolute Gasteiger partial charge is 0.383 e. The van der Waals surface area contributed by atoms with E-state index in [4.69, 9.17) is 5.73 Å². The molecule has 0 unspecified atom stereocenters. The molecule has 0 aliphatic rings. The molecule has 94 valence electrons. The van der Waals surface area contributed by atoms with Crippen molar-refractivity contribution in [1.82, 2.24) is 9.97 Å². The molecule has 0 spiro atoms. The van der Waals surface area contributed by atoms with E-state index >= 15 is 0 Å². The van der Waals surface area contributed by atoms with Crippen molar-refractivity contribution in [2.75, 3.05) is 5.73 Å². The van der Waals surface area contributed by atoms with Crippen LogP contribution in [0.4, 0.5) is 10.2 Å². The number of nitrogens with zero attached hydrogens (tertiary/aromatic N) is 2. The normalized spacial score (nSPS) is 10.7. The van der Waals surface area contributed by atoms with Crippen molar-refractivity contribution in [3.05, 3.63) is 40.8 Å². The van der Waals surface area contributed by atoms with E-state index in [9.17, 15) is 4.39 Å². The Kier molecular flexibility index (Phi) is 3.28. The maximum atomic E-state index is 13.3. The highest BCUT2D eigenvalue weighted by atomic mass is 19.1. The lowest BCUT2D eigenvalue weighted by Crippen LogP contribution is -2.05. The summed E-state index contributed by atoms with van der Waals surface area (Å²) in [5, 5.41) is 0. The molecule has 2 aromatic rings. The summed E-state index contributed by atoms with van der Waals surface area (Å²) in [7, 11) is 0. The first-order valence-electron chi connectivity index (χ1n) is 5.92. The molecule has 1 heterocycles. The Labute approximate surface area is 106 Å². The summed E-state index contributed by atoms with van der Waals surface area (Å²) in [5.74, 6) is 0.656. The third kappa shape index (κ3) is 2.18. The quantitative estimate of drug-likeness (QED) is 0.884. The van der Waals surface area contributed by atoms with Gasteiger partial charge < -0.3 is 5.73 Å². The van der Waals surface area contributed by atoms with Crippen LogP contribution in [0.15, 0.2) is 18.2 Å². The van der Waals surface area contributed by atoms with E-state index in [1.807, 2.05) is 20.8 Å². The number of nitrogens with two attached hydrogens (primary N) is 1. The van der Waals surface area contributed by atoms with Gasteiger partial charge in [-0.3, -0.25) is 0 Å². The van der Waals surface area contributed by atoms with Gasteiger partial charge in [-0.05, 0) is 38.0 Å². The SMILES string of the molecule is CCc1nc(-c2cc(F)ccc2C)nc(N)c1C. The Hall–Kier alpha value is -1.97. The Bertz CT molecular complexity index is 594. The van der Waals surface area contributed by atoms with Crippen LogP contribution in [-0.2, 0) is 6.42 Å². The van der Waals surface area contributed by atoms with Crippen LogP contribution in [0.1, 0.15) is 23.7 Å². The summed E-state index contributed by atoms with van der Waals surface area (Å²) in [6.45, 7) is 5.81. The van der Waals surface area contributed by atoms with Crippen LogP contribution in [0.2, 0.25) is 0 Å². The highest BCUT2D eigenvalue weighted by Crippen LogP contribution is 2.24. The van der Waals surface area contributed by atoms with Gasteiger partial charge >= 0.3 is 0 Å². The van der Waals surface area contributed by atoms with Gasteiger partial charge in [0.2, 0.25) is 0 Å². The Balaban J connectivity index is 2.64. The van der Waals surface area contributed by atoms with Gasteiger partial charge in [-0.2, -0.15) is 0 Å². The van der Waals surface area contributed by atoms with E-state index in [1.165, 1.54) is 12.1 Å². The lowest BCUT2D eigenvalue weighted by atomic mass is 10.1. The highest BCUT2D eigenvalue weighted by molar-refractivity contribution is 5.62. The molecule has 0 amide bonds. The number of hydrogen-bond donors (Lipinski definition) is 1. The minimum absolute atomic E-state index is 0.295. The summed E-state index contributed by atoms with van der Waals surface area (Å²) in [4.78, 5) is 8.72. The Morgan fingerprint density at radius 2 is 1.94 bits per heavy atom. The van der Waals surface area contributed by atoms with Crippen LogP contribution in [0.25, 0.3) is 11.4 Å². The average molecular weight is 245 g/mol. The van der Waals surface area contributed by atoms with E-state index in [1.54, 1.807) is 6.07 Å². The van der Waals surface area contributed by atoms with Crippen LogP contribution in [0.3, 0.4) is 0 Å². The number of aromatic nitrogens is 2. The number of rotatable bonds is 2. The summed E-state index contributed by atoms with van der Waals surface area (Å²) in [6.07, 6.45) is 0.778. The van der Waals surface area contributed by atoms with Crippen molar-refractivity contribution >= 4 is 5.82 Å². The lowest BCUT2D eigenvalue weighted by Gasteiger charge is -2.10. The van der Waals surface area contributed by atoms with Gasteiger partial charge in [-0.1, -0.05) is 13.0 Å². The summed E-state index contributed by atoms with van der Waals surface area (Å²) in [6, 6.07) is 4.59. The van der Waals surface area contributed by atoms with E-state index in [0.29, 0.717) is 17.2 Å². The molecule has 2 rings (SSSR count). The molecule has 2 N–H and O–H groups in total. The fraction of sp³-hybridized carbons (Fsp3) is 0.286. The first kappa shape index (κ1) is 12.5. The molecule has 1 aromatic carbocycles. The van der Waals surface area contributed by atoms with E-state index in [-0.39, 0.29) is 5.82 Å². The Morgan fingerprint density at radius 1 is 1.22 bits per heavy atom. The molecule has 0 saturated heterocycles. The topological polar surface area (TPSA) is 51.8 Å². The van der Waals surface area contributed by atoms with Crippen molar-refractivity contribution in [3.8, 4) is 11.4 Å². The van der Waals surface area contributed by atoms with E-state index in [2.05, 4.69) is 9.97 Å². The van der Waals surface area contributed by atoms with Crippen molar-refractivity contribution in [2.45, 2.75) is 27.2 Å². The zero-order valence-electron chi connectivity index (χ0n) is 10.8. The molecule has 0 aliphatic carbocycles. The Morgan fingerprint density at radius 3 is 2.61 bits per heavy atom. The zero-order chi connectivity index (χ0) is 13.3. The molecule has 0 fully saturated rings. The van der Waals surface area contributed by atoms with Crippen LogP contribution >= 0.6 is 0 Å². The molecule has 0 bridgehead atoms. The predicted molar refractivity (Wildman–Crippen MR) is 70.7 cm³/mol. The maximum absolute atomic E-state index is 13.3. The number of aryl methyl sites for hydroxylation is 2. The van der Waals surface area contributed by atoms with Gasteiger partial charge in [0.25, 0.3) is 0 Å². The second kappa shape index (κ2) is 4.72. The molecular formula is C14H16FN3. The van der Waals surface area contributed by atoms with Crippen molar-refractivity contribution in [2.24, 2.45) is 0 Å². The maximum Gasteiger partial charge on any atom is 0.162 e. The molecule has 0 atom stereocenters. The lowest BCUT2D eigenvalue weighted by molar-refractivity contribution is 0.627. The van der Waals surface area contributed by atoms with Gasteiger partial charge in [-0.25, -0.2) is 14.4 Å². The molecular weight excluding hydrogens is 229 g/mol. The summed E-state index contributed by atoms with van der Waals surface area (Å²) >= 11 is 0. The number of benzene rings is 1. The number of hydrogen-bond acceptors (Lipinski definition) is 3. The smallest absolute Gasteiger partial charge is 0.162 e. The van der Waals surface area contributed by atoms with Crippen LogP contribution in [0.5, 0.6) is 0 Å². The standard InChI is InChI=1S/C14H16FN3/c1-4-12-9(3)13(16)18-14(17-12)11-7-10(15)6-5-8(11)2/h5-7H,4H2,1-3H3,(H2,16,17,18). The van der Waals surface area contributed by atoms with Gasteiger partial charge in [0.1, 0.15) is 11.6 Å². The number of anilines is 1. The summed E-state index contributed by atoms with van der Waals surface area (Å²) < 4.78 is 13.3. The molecule has 4 heteroatoms. The first-order valence-corrected chi connectivity index (χ1v) is 5.92. The van der Waals surface area contributed by atoms with Crippen molar-refractivity contribution in [3.63, 3.8) is 0 Å². The zero-order valence-corrected chi connectivity index (χ0v) is 10.8. The molecule has 0 radical (unpaired) electrons. The molecule has 3 nitrogen and oxygen atoms in total. The van der Waals surface area contributed by atoms with Crippen LogP contribution in [-0.4, -0.2) is 9.97 Å². The predicted octanol–water partition coefficient (Wildman–Crippen LogP) is 3.04. The highest BCUT2D eigenvalue weighted by Gasteiger charge is 2.11. The molecule has 18 heavy (non-hydrogen) atoms. The van der Waals surface area contributed by atoms with Gasteiger partial charge in [0, 0.05) is 16.8 Å². The third-order valence-electron chi connectivity index (χ3n) is 3.06. The first-order chi connectivity index (χ1) is 8.52. The fourth-order valence-electron chi connectivity index (χ4n) is 1.88. The molecule has 0 aliphatic heterocycles. The second-order valence-electron chi connectivity index (χ2n) is 4.32. The number of nitrogen functional groups attached to an aromatic ring is 1. The number of halogens is 1. The summed E-state index contributed by atoms with van der Waals surface area (Å²) in [5.41, 5.74) is 9.30. The monoisotopic (exact) mass is 245 g/mol. The average Bonchev–Trinajstić information content (AvgIpc) is 2.35. The fourth-order valence-corrected chi connectivity index (χ4v) is 1.88. The van der Waals surface area contributed by atoms with Crippen molar-refractivity contribution in [1.29, 1.82) is 0 Å². The van der Waals surface area contributed by atoms with E-state index in [0.717, 1.165) is 23.2 Å².